The number of methoxy groups -OCH3 is 1. The monoisotopic (exact) mass is 430 g/mol. The molecule has 0 fully saturated rings. The Morgan fingerprint density at radius 1 is 1.26 bits per heavy atom. The van der Waals surface area contributed by atoms with Crippen molar-refractivity contribution in [1.82, 2.24) is 15.6 Å². The minimum absolute atomic E-state index is 0. The number of aromatic amines is 1. The number of aliphatic imine (C=N–C) groups is 1. The fourth-order valence-electron chi connectivity index (χ4n) is 2.17. The molecule has 0 spiro atoms. The summed E-state index contributed by atoms with van der Waals surface area (Å²) in [6, 6.07) is 10.5. The number of fused-ring (bicyclic) bond motifs is 1. The lowest BCUT2D eigenvalue weighted by atomic mass is 10.1. The summed E-state index contributed by atoms with van der Waals surface area (Å²) in [4.78, 5) is 7.66. The molecule has 1 heterocycles. The first kappa shape index (κ1) is 19.8. The van der Waals surface area contributed by atoms with Crippen LogP contribution in [-0.4, -0.2) is 43.8 Å². The van der Waals surface area contributed by atoms with Gasteiger partial charge >= 0.3 is 0 Å². The molecule has 0 bridgehead atoms. The Morgan fingerprint density at radius 2 is 2.00 bits per heavy atom. The number of ether oxygens (including phenoxy) is 1. The fourth-order valence-corrected chi connectivity index (χ4v) is 2.17. The van der Waals surface area contributed by atoms with Gasteiger partial charge in [0.2, 0.25) is 0 Å². The number of hydrogen-bond acceptors (Lipinski definition) is 2. The van der Waals surface area contributed by atoms with Gasteiger partial charge in [0.1, 0.15) is 0 Å². The van der Waals surface area contributed by atoms with Gasteiger partial charge in [-0.05, 0) is 31.4 Å². The van der Waals surface area contributed by atoms with Gasteiger partial charge in [-0.25, -0.2) is 0 Å². The summed E-state index contributed by atoms with van der Waals surface area (Å²) in [5.74, 6) is 0.793. The van der Waals surface area contributed by atoms with Crippen molar-refractivity contribution >= 4 is 40.8 Å². The SMILES string of the molecule is CN=C(NCCc1cc2ccccc2[nH]1)NCC(C)(C)OC.I. The molecule has 0 unspecified atom stereocenters. The van der Waals surface area contributed by atoms with Crippen LogP contribution in [0.1, 0.15) is 19.5 Å². The number of nitrogens with zero attached hydrogens (tertiary/aromatic N) is 1. The van der Waals surface area contributed by atoms with Crippen LogP contribution in [0.25, 0.3) is 10.9 Å². The Morgan fingerprint density at radius 3 is 2.65 bits per heavy atom. The van der Waals surface area contributed by atoms with Gasteiger partial charge < -0.3 is 20.4 Å². The Labute approximate surface area is 155 Å². The smallest absolute Gasteiger partial charge is 0.191 e. The van der Waals surface area contributed by atoms with Crippen LogP contribution in [0.4, 0.5) is 0 Å². The van der Waals surface area contributed by atoms with Crippen molar-refractivity contribution in [2.45, 2.75) is 25.9 Å². The summed E-state index contributed by atoms with van der Waals surface area (Å²) >= 11 is 0. The zero-order valence-electron chi connectivity index (χ0n) is 14.3. The molecule has 0 saturated heterocycles. The molecule has 0 atom stereocenters. The molecule has 2 aromatic rings. The van der Waals surface area contributed by atoms with Crippen molar-refractivity contribution in [1.29, 1.82) is 0 Å². The molecule has 0 aliphatic heterocycles. The maximum Gasteiger partial charge on any atom is 0.191 e. The van der Waals surface area contributed by atoms with Gasteiger partial charge in [-0.3, -0.25) is 4.99 Å². The second-order valence-corrected chi connectivity index (χ2v) is 5.95. The molecule has 6 heteroatoms. The van der Waals surface area contributed by atoms with Gasteiger partial charge in [0, 0.05) is 44.9 Å². The molecule has 5 nitrogen and oxygen atoms in total. The highest BCUT2D eigenvalue weighted by atomic mass is 127. The third-order valence-electron chi connectivity index (χ3n) is 3.73. The predicted octanol–water partition coefficient (Wildman–Crippen LogP) is 2.92. The van der Waals surface area contributed by atoms with Gasteiger partial charge in [-0.2, -0.15) is 0 Å². The Bertz CT molecular complexity index is 603. The predicted molar refractivity (Wildman–Crippen MR) is 108 cm³/mol. The lowest BCUT2D eigenvalue weighted by molar-refractivity contribution is 0.0268. The van der Waals surface area contributed by atoms with Crippen LogP contribution in [0.3, 0.4) is 0 Å². The van der Waals surface area contributed by atoms with Crippen LogP contribution in [0, 0.1) is 0 Å². The molecular formula is C17H27IN4O. The highest BCUT2D eigenvalue weighted by molar-refractivity contribution is 14.0. The number of hydrogen-bond donors (Lipinski definition) is 3. The van der Waals surface area contributed by atoms with Crippen LogP contribution in [0.2, 0.25) is 0 Å². The number of rotatable bonds is 6. The van der Waals surface area contributed by atoms with E-state index in [1.807, 2.05) is 19.9 Å². The van der Waals surface area contributed by atoms with Crippen LogP contribution in [-0.2, 0) is 11.2 Å². The molecule has 3 N–H and O–H groups in total. The topological polar surface area (TPSA) is 61.4 Å². The third kappa shape index (κ3) is 6.02. The van der Waals surface area contributed by atoms with E-state index in [9.17, 15) is 0 Å². The first-order valence-corrected chi connectivity index (χ1v) is 7.60. The quantitative estimate of drug-likeness (QED) is 0.375. The summed E-state index contributed by atoms with van der Waals surface area (Å²) in [6.45, 7) is 5.60. The molecule has 0 aliphatic carbocycles. The molecule has 0 amide bonds. The third-order valence-corrected chi connectivity index (χ3v) is 3.73. The van der Waals surface area contributed by atoms with Crippen molar-refractivity contribution in [3.63, 3.8) is 0 Å². The molecule has 0 saturated carbocycles. The maximum absolute atomic E-state index is 5.39. The van der Waals surface area contributed by atoms with Crippen LogP contribution >= 0.6 is 24.0 Å². The van der Waals surface area contributed by atoms with E-state index in [1.165, 1.54) is 16.6 Å². The standard InChI is InChI=1S/C17H26N4O.HI/c1-17(2,22-4)12-20-16(18-3)19-10-9-14-11-13-7-5-6-8-15(13)21-14;/h5-8,11,21H,9-10,12H2,1-4H3,(H2,18,19,20);1H. The molecule has 23 heavy (non-hydrogen) atoms. The fraction of sp³-hybridized carbons (Fsp3) is 0.471. The van der Waals surface area contributed by atoms with E-state index in [0.29, 0.717) is 6.54 Å². The maximum atomic E-state index is 5.39. The summed E-state index contributed by atoms with van der Waals surface area (Å²) in [5, 5.41) is 7.85. The first-order valence-electron chi connectivity index (χ1n) is 7.60. The van der Waals surface area contributed by atoms with E-state index >= 15 is 0 Å². The number of guanidine groups is 1. The number of para-hydroxylation sites is 1. The second kappa shape index (κ2) is 9.12. The normalized spacial score (nSPS) is 12.1. The first-order chi connectivity index (χ1) is 10.5. The van der Waals surface area contributed by atoms with Crippen molar-refractivity contribution < 1.29 is 4.74 Å². The average Bonchev–Trinajstić information content (AvgIpc) is 2.93. The Hall–Kier alpha value is -1.28. The van der Waals surface area contributed by atoms with E-state index < -0.39 is 0 Å². The van der Waals surface area contributed by atoms with Gasteiger partial charge in [0.25, 0.3) is 0 Å². The number of halogens is 1. The Balaban J connectivity index is 0.00000264. The van der Waals surface area contributed by atoms with Crippen LogP contribution in [0.5, 0.6) is 0 Å². The summed E-state index contributed by atoms with van der Waals surface area (Å²) in [7, 11) is 3.49. The number of benzene rings is 1. The molecular weight excluding hydrogens is 403 g/mol. The van der Waals surface area contributed by atoms with E-state index in [-0.39, 0.29) is 29.6 Å². The van der Waals surface area contributed by atoms with Crippen molar-refractivity contribution in [2.75, 3.05) is 27.2 Å². The molecule has 2 rings (SSSR count). The van der Waals surface area contributed by atoms with E-state index in [4.69, 9.17) is 4.74 Å². The molecule has 1 aromatic heterocycles. The molecule has 0 radical (unpaired) electrons. The Kier molecular flexibility index (Phi) is 7.84. The molecule has 128 valence electrons. The van der Waals surface area contributed by atoms with Crippen LogP contribution in [0.15, 0.2) is 35.3 Å². The zero-order valence-corrected chi connectivity index (χ0v) is 16.6. The summed E-state index contributed by atoms with van der Waals surface area (Å²) in [6.07, 6.45) is 0.920. The molecule has 0 aliphatic rings. The summed E-state index contributed by atoms with van der Waals surface area (Å²) in [5.41, 5.74) is 2.19. The zero-order chi connectivity index (χ0) is 16.0. The minimum Gasteiger partial charge on any atom is -0.377 e. The lowest BCUT2D eigenvalue weighted by Crippen LogP contribution is -2.45. The summed E-state index contributed by atoms with van der Waals surface area (Å²) < 4.78 is 5.39. The second-order valence-electron chi connectivity index (χ2n) is 5.95. The van der Waals surface area contributed by atoms with Gasteiger partial charge in [-0.15, -0.1) is 24.0 Å². The highest BCUT2D eigenvalue weighted by Crippen LogP contribution is 2.14. The van der Waals surface area contributed by atoms with Crippen molar-refractivity contribution in [2.24, 2.45) is 4.99 Å². The minimum atomic E-state index is -0.213. The van der Waals surface area contributed by atoms with Gasteiger partial charge in [0.05, 0.1) is 5.60 Å². The van der Waals surface area contributed by atoms with Gasteiger partial charge in [-0.1, -0.05) is 18.2 Å². The lowest BCUT2D eigenvalue weighted by Gasteiger charge is -2.24. The van der Waals surface area contributed by atoms with Gasteiger partial charge in [0.15, 0.2) is 5.96 Å². The van der Waals surface area contributed by atoms with Crippen molar-refractivity contribution in [3.05, 3.63) is 36.0 Å². The highest BCUT2D eigenvalue weighted by Gasteiger charge is 2.16. The number of nitrogens with one attached hydrogen (secondary N) is 3. The number of H-pyrrole nitrogens is 1. The van der Waals surface area contributed by atoms with E-state index in [1.54, 1.807) is 14.2 Å². The van der Waals surface area contributed by atoms with Crippen LogP contribution < -0.4 is 10.6 Å². The van der Waals surface area contributed by atoms with E-state index in [2.05, 4.69) is 44.9 Å². The number of aromatic nitrogens is 1. The van der Waals surface area contributed by atoms with Crippen molar-refractivity contribution in [3.8, 4) is 0 Å². The van der Waals surface area contributed by atoms with E-state index in [0.717, 1.165) is 18.9 Å². The average molecular weight is 430 g/mol. The largest absolute Gasteiger partial charge is 0.377 e. The molecule has 1 aromatic carbocycles.